The molecular weight excluding hydrogens is 350 g/mol. The summed E-state index contributed by atoms with van der Waals surface area (Å²) in [6.45, 7) is 5.19. The minimum Gasteiger partial charge on any atom is -0.494 e. The summed E-state index contributed by atoms with van der Waals surface area (Å²) in [5.74, 6) is 0.742. The van der Waals surface area contributed by atoms with Crippen LogP contribution in [0.3, 0.4) is 0 Å². The molecule has 1 unspecified atom stereocenters. The molecule has 0 aromatic heterocycles. The van der Waals surface area contributed by atoms with Crippen molar-refractivity contribution in [1.82, 2.24) is 0 Å². The van der Waals surface area contributed by atoms with Crippen LogP contribution in [0, 0.1) is 11.3 Å². The summed E-state index contributed by atoms with van der Waals surface area (Å²) in [5, 5.41) is 12.1. The molecule has 0 bridgehead atoms. The third-order valence-corrected chi connectivity index (χ3v) is 4.52. The van der Waals surface area contributed by atoms with E-state index < -0.39 is 0 Å². The van der Waals surface area contributed by atoms with Gasteiger partial charge in [0.05, 0.1) is 24.2 Å². The summed E-state index contributed by atoms with van der Waals surface area (Å²) in [6.07, 6.45) is 0. The third-order valence-electron chi connectivity index (χ3n) is 4.21. The Morgan fingerprint density at radius 2 is 2.00 bits per heavy atom. The highest BCUT2D eigenvalue weighted by Crippen LogP contribution is 2.20. The number of hydrogen-bond acceptors (Lipinski definition) is 3. The lowest BCUT2D eigenvalue weighted by molar-refractivity contribution is -0.907. The molecule has 1 amide bonds. The molecule has 0 saturated carbocycles. The van der Waals surface area contributed by atoms with Crippen LogP contribution in [0.4, 0.5) is 5.69 Å². The molecule has 6 heteroatoms. The van der Waals surface area contributed by atoms with Gasteiger partial charge in [-0.2, -0.15) is 5.26 Å². The lowest BCUT2D eigenvalue weighted by Crippen LogP contribution is -3.12. The number of carbonyl (C=O) groups excluding carboxylic acids is 1. The summed E-state index contributed by atoms with van der Waals surface area (Å²) in [7, 11) is 1.98. The van der Waals surface area contributed by atoms with Gasteiger partial charge < -0.3 is 15.0 Å². The highest BCUT2D eigenvalue weighted by molar-refractivity contribution is 6.32. The van der Waals surface area contributed by atoms with Crippen molar-refractivity contribution in [2.75, 3.05) is 19.0 Å². The van der Waals surface area contributed by atoms with Crippen LogP contribution < -0.4 is 15.0 Å². The Labute approximate surface area is 159 Å². The van der Waals surface area contributed by atoms with Gasteiger partial charge in [-0.3, -0.25) is 4.79 Å². The Balaban J connectivity index is 1.96. The molecule has 0 aliphatic carbocycles. The molecule has 0 heterocycles. The number of quaternary nitrogens is 1. The SMILES string of the molecule is CCOc1ccc(C[NH+](C)[C@H](C)C(=O)Nc2ccc(C#N)c(Cl)c2)cc1. The van der Waals surface area contributed by atoms with Crippen molar-refractivity contribution < 1.29 is 14.4 Å². The number of halogens is 1. The first kappa shape index (κ1) is 19.8. The fourth-order valence-corrected chi connectivity index (χ4v) is 2.73. The maximum atomic E-state index is 12.5. The predicted molar refractivity (Wildman–Crippen MR) is 102 cm³/mol. The second-order valence-corrected chi connectivity index (χ2v) is 6.52. The van der Waals surface area contributed by atoms with Gasteiger partial charge in [0.25, 0.3) is 5.91 Å². The van der Waals surface area contributed by atoms with Crippen molar-refractivity contribution >= 4 is 23.2 Å². The van der Waals surface area contributed by atoms with Gasteiger partial charge >= 0.3 is 0 Å². The van der Waals surface area contributed by atoms with Gasteiger partial charge in [-0.25, -0.2) is 0 Å². The number of carbonyl (C=O) groups is 1. The van der Waals surface area contributed by atoms with Crippen LogP contribution in [0.2, 0.25) is 5.02 Å². The number of amides is 1. The molecule has 0 aliphatic rings. The molecule has 0 radical (unpaired) electrons. The molecule has 0 aliphatic heterocycles. The molecule has 0 spiro atoms. The molecule has 2 aromatic carbocycles. The van der Waals surface area contributed by atoms with Gasteiger partial charge in [-0.1, -0.05) is 11.6 Å². The van der Waals surface area contributed by atoms with Crippen LogP contribution in [0.15, 0.2) is 42.5 Å². The molecule has 2 aromatic rings. The minimum absolute atomic E-state index is 0.103. The zero-order valence-electron chi connectivity index (χ0n) is 15.2. The number of nitrogens with one attached hydrogen (secondary N) is 2. The van der Waals surface area contributed by atoms with Crippen molar-refractivity contribution in [2.24, 2.45) is 0 Å². The van der Waals surface area contributed by atoms with Crippen LogP contribution in [-0.4, -0.2) is 25.6 Å². The van der Waals surface area contributed by atoms with E-state index in [0.717, 1.165) is 22.8 Å². The average molecular weight is 373 g/mol. The van der Waals surface area contributed by atoms with Gasteiger partial charge in [0.15, 0.2) is 6.04 Å². The zero-order chi connectivity index (χ0) is 19.1. The van der Waals surface area contributed by atoms with Gasteiger partial charge in [0, 0.05) is 11.3 Å². The molecule has 5 nitrogen and oxygen atoms in total. The highest BCUT2D eigenvalue weighted by Gasteiger charge is 2.22. The first-order valence-corrected chi connectivity index (χ1v) is 8.87. The number of anilines is 1. The van der Waals surface area contributed by atoms with Crippen LogP contribution in [-0.2, 0) is 11.3 Å². The van der Waals surface area contributed by atoms with Crippen molar-refractivity contribution in [2.45, 2.75) is 26.4 Å². The van der Waals surface area contributed by atoms with Crippen LogP contribution >= 0.6 is 11.6 Å². The Hall–Kier alpha value is -2.55. The molecule has 0 saturated heterocycles. The third kappa shape index (κ3) is 5.22. The quantitative estimate of drug-likeness (QED) is 0.785. The summed E-state index contributed by atoms with van der Waals surface area (Å²) in [6, 6.07) is 14.5. The van der Waals surface area contributed by atoms with Gasteiger partial charge in [-0.15, -0.1) is 0 Å². The summed E-state index contributed by atoms with van der Waals surface area (Å²) >= 11 is 6.01. The molecule has 136 valence electrons. The van der Waals surface area contributed by atoms with Crippen molar-refractivity contribution in [3.8, 4) is 11.8 Å². The van der Waals surface area contributed by atoms with Gasteiger partial charge in [0.2, 0.25) is 0 Å². The molecular formula is C20H23ClN3O2+. The van der Waals surface area contributed by atoms with E-state index in [2.05, 4.69) is 5.32 Å². The van der Waals surface area contributed by atoms with Gasteiger partial charge in [0.1, 0.15) is 18.4 Å². The maximum Gasteiger partial charge on any atom is 0.282 e. The fraction of sp³-hybridized carbons (Fsp3) is 0.300. The number of nitrogens with zero attached hydrogens (tertiary/aromatic N) is 1. The normalized spacial score (nSPS) is 12.7. The van der Waals surface area contributed by atoms with Crippen LogP contribution in [0.1, 0.15) is 25.0 Å². The molecule has 2 rings (SSSR count). The van der Waals surface area contributed by atoms with Crippen molar-refractivity contribution in [3.05, 3.63) is 58.6 Å². The lowest BCUT2D eigenvalue weighted by atomic mass is 10.1. The highest BCUT2D eigenvalue weighted by atomic mass is 35.5. The summed E-state index contributed by atoms with van der Waals surface area (Å²) in [4.78, 5) is 13.6. The number of likely N-dealkylation sites (N-methyl/N-ethyl adjacent to an activating group) is 1. The average Bonchev–Trinajstić information content (AvgIpc) is 2.63. The van der Waals surface area contributed by atoms with Crippen molar-refractivity contribution in [1.29, 1.82) is 5.26 Å². The van der Waals surface area contributed by atoms with E-state index in [1.807, 2.05) is 51.2 Å². The van der Waals surface area contributed by atoms with E-state index in [1.54, 1.807) is 18.2 Å². The topological polar surface area (TPSA) is 66.6 Å². The first-order valence-electron chi connectivity index (χ1n) is 8.49. The Bertz CT molecular complexity index is 800. The smallest absolute Gasteiger partial charge is 0.282 e. The molecule has 26 heavy (non-hydrogen) atoms. The first-order chi connectivity index (χ1) is 12.4. The molecule has 0 fully saturated rings. The summed E-state index contributed by atoms with van der Waals surface area (Å²) in [5.41, 5.74) is 2.10. The van der Waals surface area contributed by atoms with Gasteiger partial charge in [-0.05, 0) is 56.3 Å². The zero-order valence-corrected chi connectivity index (χ0v) is 15.9. The number of rotatable bonds is 7. The van der Waals surface area contributed by atoms with E-state index in [-0.39, 0.29) is 11.9 Å². The lowest BCUT2D eigenvalue weighted by Gasteiger charge is -2.21. The van der Waals surface area contributed by atoms with E-state index in [1.165, 1.54) is 0 Å². The fourth-order valence-electron chi connectivity index (χ4n) is 2.50. The second-order valence-electron chi connectivity index (χ2n) is 6.12. The van der Waals surface area contributed by atoms with Crippen LogP contribution in [0.25, 0.3) is 0 Å². The molecule has 2 atom stereocenters. The predicted octanol–water partition coefficient (Wildman–Crippen LogP) is 2.65. The van der Waals surface area contributed by atoms with Crippen molar-refractivity contribution in [3.63, 3.8) is 0 Å². The monoisotopic (exact) mass is 372 g/mol. The van der Waals surface area contributed by atoms with E-state index >= 15 is 0 Å². The largest absolute Gasteiger partial charge is 0.494 e. The Morgan fingerprint density at radius 3 is 2.58 bits per heavy atom. The van der Waals surface area contributed by atoms with E-state index in [9.17, 15) is 4.79 Å². The number of nitriles is 1. The number of benzene rings is 2. The van der Waals surface area contributed by atoms with E-state index in [4.69, 9.17) is 21.6 Å². The Kier molecular flexibility index (Phi) is 7.02. The Morgan fingerprint density at radius 1 is 1.31 bits per heavy atom. The minimum atomic E-state index is -0.254. The number of hydrogen-bond donors (Lipinski definition) is 2. The number of ether oxygens (including phenoxy) is 1. The van der Waals surface area contributed by atoms with Crippen LogP contribution in [0.5, 0.6) is 5.75 Å². The van der Waals surface area contributed by atoms with E-state index in [0.29, 0.717) is 22.9 Å². The second kappa shape index (κ2) is 9.23. The maximum absolute atomic E-state index is 12.5. The standard InChI is InChI=1S/C20H22ClN3O2/c1-4-26-18-9-5-15(6-10-18)13-24(3)14(2)20(25)23-17-8-7-16(12-22)19(21)11-17/h5-11,14H,4,13H2,1-3H3,(H,23,25)/p+1/t14-/m1/s1. The summed E-state index contributed by atoms with van der Waals surface area (Å²) < 4.78 is 5.44. The molecule has 2 N–H and O–H groups in total.